The summed E-state index contributed by atoms with van der Waals surface area (Å²) in [5.74, 6) is 3.65. The SMILES string of the molecule is c1ccc(-c2nc(-c3ccc(-c4cccc(-c5nc(-c6ccccc6)nc(-c6ccc7sc8ccc9c%10cc(-n%11c%12ccccc%12c%12ccccc%12%11)ccc%10sc9c8c7c6)n5)c4)cc3)nc(-c3ccc4sc5c(ccc6c7cc(-n8c9ccccc9c9ccccc98)ccc7sc65)c4c3)n2)cc1. The Morgan fingerprint density at radius 3 is 1.00 bits per heavy atom. The van der Waals surface area contributed by atoms with Crippen molar-refractivity contribution in [1.29, 1.82) is 0 Å². The number of nitrogens with zero attached hydrogens (tertiary/aromatic N) is 8. The number of hydrogen-bond acceptors (Lipinski definition) is 10. The third-order valence-corrected chi connectivity index (χ3v) is 25.1. The fraction of sp³-hybridized carbons (Fsp3) is 0. The van der Waals surface area contributed by atoms with Crippen LogP contribution >= 0.6 is 45.3 Å². The molecule has 0 amide bonds. The van der Waals surface area contributed by atoms with E-state index in [1.165, 1.54) is 124 Å². The Morgan fingerprint density at radius 2 is 0.510 bits per heavy atom. The third kappa shape index (κ3) is 9.03. The van der Waals surface area contributed by atoms with Gasteiger partial charge < -0.3 is 9.13 Å². The number of para-hydroxylation sites is 4. The smallest absolute Gasteiger partial charge is 0.164 e. The van der Waals surface area contributed by atoms with Gasteiger partial charge in [-0.1, -0.05) is 194 Å². The first-order valence-electron chi connectivity index (χ1n) is 34.0. The van der Waals surface area contributed by atoms with Crippen molar-refractivity contribution in [3.63, 3.8) is 0 Å². The van der Waals surface area contributed by atoms with Crippen molar-refractivity contribution in [3.8, 4) is 90.8 Å². The summed E-state index contributed by atoms with van der Waals surface area (Å²) in [4.78, 5) is 31.4. The van der Waals surface area contributed by atoms with Crippen LogP contribution in [0.1, 0.15) is 0 Å². The van der Waals surface area contributed by atoms with Crippen LogP contribution in [0.15, 0.2) is 303 Å². The molecule has 12 heteroatoms. The Balaban J connectivity index is 0.599. The number of fused-ring (bicyclic) bond motifs is 20. The zero-order valence-electron chi connectivity index (χ0n) is 54.1. The first kappa shape index (κ1) is 57.5. The third-order valence-electron chi connectivity index (χ3n) is 20.2. The predicted molar refractivity (Wildman–Crippen MR) is 431 cm³/mol. The molecule has 22 rings (SSSR count). The van der Waals surface area contributed by atoms with E-state index in [0.29, 0.717) is 34.9 Å². The van der Waals surface area contributed by atoms with Gasteiger partial charge in [-0.05, 0) is 120 Å². The van der Waals surface area contributed by atoms with E-state index in [4.69, 9.17) is 29.9 Å². The lowest BCUT2D eigenvalue weighted by atomic mass is 10.0. The molecule has 0 saturated carbocycles. The standard InChI is InChI=1S/C90H50N8S4/c1-3-16-52(17-4-1)85-91-87(95-89(93-85)57-34-41-76-68(47-57)66-38-39-67-70-50-60(37-44-78(70)102-84(67)83(66)101-76)98-74-28-13-9-24-63(74)64-25-10-14-29-75(64)98)54-32-30-51(31-33-54)55-20-15-21-56(46-55)88-92-86(53-18-5-2-6-19-53)94-90(96-88)58-35-42-79-71(48-58)81-80(99-79)45-40-65-69-49-59(36-43-77(69)100-82(65)81)97-72-26-11-7-22-61(72)62-23-8-12-27-73(62)97/h1-50H. The molecule has 0 aliphatic carbocycles. The van der Waals surface area contributed by atoms with E-state index in [1.807, 2.05) is 81.7 Å². The van der Waals surface area contributed by atoms with Gasteiger partial charge in [0.05, 0.1) is 31.5 Å². The molecule has 0 atom stereocenters. The largest absolute Gasteiger partial charge is 0.309 e. The maximum absolute atomic E-state index is 5.33. The van der Waals surface area contributed by atoms with Gasteiger partial charge in [0.15, 0.2) is 34.9 Å². The van der Waals surface area contributed by atoms with Crippen LogP contribution < -0.4 is 0 Å². The summed E-state index contributed by atoms with van der Waals surface area (Å²) in [7, 11) is 0. The van der Waals surface area contributed by atoms with Crippen LogP contribution in [-0.4, -0.2) is 39.0 Å². The van der Waals surface area contributed by atoms with Gasteiger partial charge in [-0.2, -0.15) is 0 Å². The highest BCUT2D eigenvalue weighted by atomic mass is 32.1. The molecule has 8 aromatic heterocycles. The molecule has 14 aromatic carbocycles. The van der Waals surface area contributed by atoms with E-state index in [1.54, 1.807) is 0 Å². The quantitative estimate of drug-likeness (QED) is 0.143. The monoisotopic (exact) mass is 1370 g/mol. The van der Waals surface area contributed by atoms with Gasteiger partial charge in [0.25, 0.3) is 0 Å². The van der Waals surface area contributed by atoms with Crippen molar-refractivity contribution in [2.24, 2.45) is 0 Å². The second-order valence-electron chi connectivity index (χ2n) is 26.1. The van der Waals surface area contributed by atoms with Gasteiger partial charge in [-0.25, -0.2) is 29.9 Å². The second kappa shape index (κ2) is 22.5. The molecule has 474 valence electrons. The minimum absolute atomic E-state index is 0.595. The Bertz CT molecular complexity index is 7160. The van der Waals surface area contributed by atoms with E-state index in [-0.39, 0.29) is 0 Å². The van der Waals surface area contributed by atoms with Crippen LogP contribution in [0.5, 0.6) is 0 Å². The van der Waals surface area contributed by atoms with Crippen LogP contribution in [0.4, 0.5) is 0 Å². The number of rotatable bonds is 9. The average Bonchev–Trinajstić information content (AvgIpc) is 1.57. The molecule has 0 radical (unpaired) electrons. The first-order chi connectivity index (χ1) is 50.5. The number of aromatic nitrogens is 8. The highest BCUT2D eigenvalue weighted by Crippen LogP contribution is 2.49. The summed E-state index contributed by atoms with van der Waals surface area (Å²) in [5, 5.41) is 15.0. The predicted octanol–water partition coefficient (Wildman–Crippen LogP) is 25.4. The molecule has 0 spiro atoms. The van der Waals surface area contributed by atoms with E-state index >= 15 is 0 Å². The molecule has 22 aromatic rings. The number of hydrogen-bond donors (Lipinski definition) is 0. The molecular formula is C90H50N8S4. The normalized spacial score (nSPS) is 12.1. The Labute approximate surface area is 598 Å². The van der Waals surface area contributed by atoms with Gasteiger partial charge in [-0.15, -0.1) is 45.3 Å². The van der Waals surface area contributed by atoms with Crippen LogP contribution in [-0.2, 0) is 0 Å². The molecular weight excluding hydrogens is 1320 g/mol. The van der Waals surface area contributed by atoms with Crippen molar-refractivity contribution >= 4 is 170 Å². The molecule has 0 bridgehead atoms. The highest BCUT2D eigenvalue weighted by molar-refractivity contribution is 7.33. The fourth-order valence-electron chi connectivity index (χ4n) is 15.4. The van der Waals surface area contributed by atoms with Crippen molar-refractivity contribution in [2.45, 2.75) is 0 Å². The maximum atomic E-state index is 5.33. The molecule has 102 heavy (non-hydrogen) atoms. The lowest BCUT2D eigenvalue weighted by molar-refractivity contribution is 1.07. The second-order valence-corrected chi connectivity index (χ2v) is 30.3. The molecule has 0 unspecified atom stereocenters. The maximum Gasteiger partial charge on any atom is 0.164 e. The Morgan fingerprint density at radius 1 is 0.186 bits per heavy atom. The van der Waals surface area contributed by atoms with Gasteiger partial charge in [0.1, 0.15) is 0 Å². The molecule has 0 fully saturated rings. The molecule has 0 aliphatic heterocycles. The topological polar surface area (TPSA) is 87.2 Å². The summed E-state index contributed by atoms with van der Waals surface area (Å²) in [6.07, 6.45) is 0. The van der Waals surface area contributed by atoms with E-state index in [9.17, 15) is 0 Å². The summed E-state index contributed by atoms with van der Waals surface area (Å²) < 4.78 is 14.9. The van der Waals surface area contributed by atoms with E-state index in [2.05, 4.69) is 276 Å². The molecule has 0 saturated heterocycles. The minimum Gasteiger partial charge on any atom is -0.309 e. The summed E-state index contributed by atoms with van der Waals surface area (Å²) in [6, 6.07) is 109. The molecule has 0 N–H and O–H groups in total. The van der Waals surface area contributed by atoms with Gasteiger partial charge in [0.2, 0.25) is 0 Å². The van der Waals surface area contributed by atoms with Gasteiger partial charge in [-0.3, -0.25) is 0 Å². The van der Waals surface area contributed by atoms with Crippen LogP contribution in [0, 0.1) is 0 Å². The van der Waals surface area contributed by atoms with Crippen molar-refractivity contribution in [3.05, 3.63) is 303 Å². The first-order valence-corrected chi connectivity index (χ1v) is 37.2. The van der Waals surface area contributed by atoms with Crippen molar-refractivity contribution < 1.29 is 0 Å². The average molecular weight is 1370 g/mol. The van der Waals surface area contributed by atoms with Crippen molar-refractivity contribution in [2.75, 3.05) is 0 Å². The summed E-state index contributed by atoms with van der Waals surface area (Å²) >= 11 is 7.44. The fourth-order valence-corrected chi connectivity index (χ4v) is 20.4. The van der Waals surface area contributed by atoms with Gasteiger partial charge in [0, 0.05) is 138 Å². The molecule has 8 heterocycles. The minimum atomic E-state index is 0.595. The van der Waals surface area contributed by atoms with E-state index < -0.39 is 0 Å². The summed E-state index contributed by atoms with van der Waals surface area (Å²) in [6.45, 7) is 0. The zero-order valence-corrected chi connectivity index (χ0v) is 57.3. The Hall–Kier alpha value is -12.4. The van der Waals surface area contributed by atoms with E-state index in [0.717, 1.165) is 55.9 Å². The van der Waals surface area contributed by atoms with Crippen molar-refractivity contribution in [1.82, 2.24) is 39.0 Å². The molecule has 0 aliphatic rings. The number of benzene rings is 14. The Kier molecular flexibility index (Phi) is 12.7. The molecule has 8 nitrogen and oxygen atoms in total. The van der Waals surface area contributed by atoms with Crippen LogP contribution in [0.3, 0.4) is 0 Å². The zero-order chi connectivity index (χ0) is 66.7. The van der Waals surface area contributed by atoms with Gasteiger partial charge >= 0.3 is 0 Å². The van der Waals surface area contributed by atoms with Crippen LogP contribution in [0.25, 0.3) is 215 Å². The number of thiophene rings is 4. The lowest BCUT2D eigenvalue weighted by Crippen LogP contribution is -2.00. The lowest BCUT2D eigenvalue weighted by Gasteiger charge is -2.11. The summed E-state index contributed by atoms with van der Waals surface area (Å²) in [5.41, 5.74) is 14.7. The van der Waals surface area contributed by atoms with Crippen LogP contribution in [0.2, 0.25) is 0 Å². The highest BCUT2D eigenvalue weighted by Gasteiger charge is 2.23.